The van der Waals surface area contributed by atoms with Crippen molar-refractivity contribution < 1.29 is 0 Å². The summed E-state index contributed by atoms with van der Waals surface area (Å²) in [6.07, 6.45) is 1.65. The van der Waals surface area contributed by atoms with Gasteiger partial charge in [-0.15, -0.1) is 22.9 Å². The zero-order valence-corrected chi connectivity index (χ0v) is 14.3. The van der Waals surface area contributed by atoms with E-state index in [1.165, 1.54) is 9.75 Å². The van der Waals surface area contributed by atoms with Gasteiger partial charge in [-0.1, -0.05) is 11.6 Å². The molecule has 3 heterocycles. The SMILES string of the molecule is Cc1ccc(C(C)n2c(C(C)Cl)nc3cc(Cl)cnc32)s1. The summed E-state index contributed by atoms with van der Waals surface area (Å²) in [6, 6.07) is 6.24. The third kappa shape index (κ3) is 2.68. The van der Waals surface area contributed by atoms with Crippen LogP contribution in [-0.4, -0.2) is 14.5 Å². The third-order valence-electron chi connectivity index (χ3n) is 3.44. The van der Waals surface area contributed by atoms with Crippen LogP contribution in [0, 0.1) is 6.92 Å². The zero-order chi connectivity index (χ0) is 15.1. The largest absolute Gasteiger partial charge is 0.303 e. The minimum atomic E-state index is -0.193. The first-order chi connectivity index (χ1) is 9.97. The van der Waals surface area contributed by atoms with Gasteiger partial charge in [-0.25, -0.2) is 9.97 Å². The molecule has 0 aliphatic carbocycles. The van der Waals surface area contributed by atoms with E-state index in [2.05, 4.69) is 40.5 Å². The van der Waals surface area contributed by atoms with Crippen LogP contribution in [0.2, 0.25) is 5.02 Å². The molecule has 0 saturated heterocycles. The van der Waals surface area contributed by atoms with Gasteiger partial charge in [0.15, 0.2) is 5.65 Å². The standard InChI is InChI=1S/C15H15Cl2N3S/c1-8-4-5-13(21-8)10(3)20-14(9(2)16)19-12-6-11(17)7-18-15(12)20/h4-7,9-10H,1-3H3. The molecule has 6 heteroatoms. The first-order valence-corrected chi connectivity index (χ1v) is 8.34. The minimum Gasteiger partial charge on any atom is -0.303 e. The highest BCUT2D eigenvalue weighted by atomic mass is 35.5. The molecule has 3 aromatic heterocycles. The summed E-state index contributed by atoms with van der Waals surface area (Å²) in [7, 11) is 0. The van der Waals surface area contributed by atoms with E-state index in [1.54, 1.807) is 17.5 Å². The van der Waals surface area contributed by atoms with Crippen molar-refractivity contribution in [1.82, 2.24) is 14.5 Å². The Balaban J connectivity index is 2.21. The lowest BCUT2D eigenvalue weighted by Crippen LogP contribution is -2.10. The number of thiophene rings is 1. The summed E-state index contributed by atoms with van der Waals surface area (Å²) >= 11 is 14.1. The molecule has 0 aliphatic rings. The van der Waals surface area contributed by atoms with Crippen molar-refractivity contribution in [2.45, 2.75) is 32.2 Å². The lowest BCUT2D eigenvalue weighted by Gasteiger charge is -2.16. The molecular weight excluding hydrogens is 325 g/mol. The van der Waals surface area contributed by atoms with Gasteiger partial charge >= 0.3 is 0 Å². The monoisotopic (exact) mass is 339 g/mol. The Hall–Kier alpha value is -1.10. The van der Waals surface area contributed by atoms with Gasteiger partial charge in [0.1, 0.15) is 11.3 Å². The Morgan fingerprint density at radius 3 is 2.67 bits per heavy atom. The van der Waals surface area contributed by atoms with Gasteiger partial charge in [-0.3, -0.25) is 0 Å². The van der Waals surface area contributed by atoms with Crippen molar-refractivity contribution in [3.8, 4) is 0 Å². The van der Waals surface area contributed by atoms with E-state index in [0.717, 1.165) is 17.0 Å². The van der Waals surface area contributed by atoms with Gasteiger partial charge in [0.2, 0.25) is 0 Å². The van der Waals surface area contributed by atoms with Gasteiger partial charge in [0, 0.05) is 16.0 Å². The van der Waals surface area contributed by atoms with Crippen molar-refractivity contribution in [2.24, 2.45) is 0 Å². The Kier molecular flexibility index (Phi) is 3.95. The Morgan fingerprint density at radius 1 is 1.29 bits per heavy atom. The summed E-state index contributed by atoms with van der Waals surface area (Å²) in [6.45, 7) is 6.18. The van der Waals surface area contributed by atoms with Gasteiger partial charge < -0.3 is 4.57 Å². The van der Waals surface area contributed by atoms with Crippen molar-refractivity contribution in [3.63, 3.8) is 0 Å². The summed E-state index contributed by atoms with van der Waals surface area (Å²) in [5, 5.41) is 0.391. The van der Waals surface area contributed by atoms with Crippen molar-refractivity contribution >= 4 is 45.7 Å². The van der Waals surface area contributed by atoms with Crippen LogP contribution in [-0.2, 0) is 0 Å². The summed E-state index contributed by atoms with van der Waals surface area (Å²) in [4.78, 5) is 11.6. The topological polar surface area (TPSA) is 30.7 Å². The summed E-state index contributed by atoms with van der Waals surface area (Å²) < 4.78 is 2.11. The average Bonchev–Trinajstić information content (AvgIpc) is 3.01. The molecule has 0 aromatic carbocycles. The fraction of sp³-hybridized carbons (Fsp3) is 0.333. The molecule has 2 atom stereocenters. The Morgan fingerprint density at radius 2 is 2.05 bits per heavy atom. The number of imidazole rings is 1. The molecule has 2 unspecified atom stereocenters. The maximum Gasteiger partial charge on any atom is 0.160 e. The number of pyridine rings is 1. The Labute approximate surface area is 137 Å². The lowest BCUT2D eigenvalue weighted by molar-refractivity contribution is 0.623. The van der Waals surface area contributed by atoms with Crippen molar-refractivity contribution in [2.75, 3.05) is 0 Å². The predicted octanol–water partition coefficient (Wildman–Crippen LogP) is 5.36. The molecule has 3 nitrogen and oxygen atoms in total. The first kappa shape index (κ1) is 14.8. The highest BCUT2D eigenvalue weighted by molar-refractivity contribution is 7.12. The van der Waals surface area contributed by atoms with Crippen LogP contribution in [0.15, 0.2) is 24.4 Å². The predicted molar refractivity (Wildman–Crippen MR) is 89.7 cm³/mol. The van der Waals surface area contributed by atoms with E-state index in [9.17, 15) is 0 Å². The van der Waals surface area contributed by atoms with Gasteiger partial charge in [-0.2, -0.15) is 0 Å². The van der Waals surface area contributed by atoms with E-state index >= 15 is 0 Å². The smallest absolute Gasteiger partial charge is 0.160 e. The molecule has 110 valence electrons. The number of rotatable bonds is 3. The van der Waals surface area contributed by atoms with E-state index in [4.69, 9.17) is 23.2 Å². The van der Waals surface area contributed by atoms with Crippen LogP contribution < -0.4 is 0 Å². The number of hydrogen-bond donors (Lipinski definition) is 0. The van der Waals surface area contributed by atoms with E-state index in [0.29, 0.717) is 5.02 Å². The quantitative estimate of drug-likeness (QED) is 0.601. The van der Waals surface area contributed by atoms with Crippen LogP contribution in [0.1, 0.15) is 40.8 Å². The van der Waals surface area contributed by atoms with Crippen LogP contribution >= 0.6 is 34.5 Å². The van der Waals surface area contributed by atoms with Crippen molar-refractivity contribution in [1.29, 1.82) is 0 Å². The van der Waals surface area contributed by atoms with Gasteiger partial charge in [-0.05, 0) is 39.0 Å². The third-order valence-corrected chi connectivity index (χ3v) is 5.01. The normalized spacial score (nSPS) is 14.5. The number of halogens is 2. The van der Waals surface area contributed by atoms with E-state index in [-0.39, 0.29) is 11.4 Å². The number of fused-ring (bicyclic) bond motifs is 1. The van der Waals surface area contributed by atoms with Crippen LogP contribution in [0.3, 0.4) is 0 Å². The molecule has 0 spiro atoms. The summed E-state index contributed by atoms with van der Waals surface area (Å²) in [5.74, 6) is 0.819. The van der Waals surface area contributed by atoms with Crippen LogP contribution in [0.25, 0.3) is 11.2 Å². The molecule has 3 rings (SSSR count). The fourth-order valence-corrected chi connectivity index (χ4v) is 3.67. The minimum absolute atomic E-state index is 0.138. The highest BCUT2D eigenvalue weighted by Gasteiger charge is 2.22. The molecule has 0 N–H and O–H groups in total. The van der Waals surface area contributed by atoms with Gasteiger partial charge in [0.05, 0.1) is 16.4 Å². The van der Waals surface area contributed by atoms with E-state index < -0.39 is 0 Å². The molecular formula is C15H15Cl2N3S. The molecule has 0 aliphatic heterocycles. The highest BCUT2D eigenvalue weighted by Crippen LogP contribution is 2.33. The molecule has 0 bridgehead atoms. The number of hydrogen-bond acceptors (Lipinski definition) is 3. The number of nitrogens with zero attached hydrogens (tertiary/aromatic N) is 3. The Bertz CT molecular complexity index is 791. The maximum atomic E-state index is 6.32. The molecule has 3 aromatic rings. The molecule has 0 fully saturated rings. The van der Waals surface area contributed by atoms with E-state index in [1.807, 2.05) is 13.0 Å². The second-order valence-corrected chi connectivity index (χ2v) is 7.49. The fourth-order valence-electron chi connectivity index (χ4n) is 2.44. The second kappa shape index (κ2) is 5.59. The average molecular weight is 340 g/mol. The van der Waals surface area contributed by atoms with Crippen molar-refractivity contribution in [3.05, 3.63) is 45.0 Å². The van der Waals surface area contributed by atoms with Crippen LogP contribution in [0.4, 0.5) is 0 Å². The zero-order valence-electron chi connectivity index (χ0n) is 12.0. The number of aryl methyl sites for hydroxylation is 1. The molecule has 21 heavy (non-hydrogen) atoms. The summed E-state index contributed by atoms with van der Waals surface area (Å²) in [5.41, 5.74) is 1.60. The number of alkyl halides is 1. The second-order valence-electron chi connectivity index (χ2n) is 5.08. The first-order valence-electron chi connectivity index (χ1n) is 6.71. The van der Waals surface area contributed by atoms with Gasteiger partial charge in [0.25, 0.3) is 0 Å². The molecule has 0 radical (unpaired) electrons. The molecule has 0 saturated carbocycles. The van der Waals surface area contributed by atoms with Crippen LogP contribution in [0.5, 0.6) is 0 Å². The molecule has 0 amide bonds. The lowest BCUT2D eigenvalue weighted by atomic mass is 10.2. The maximum absolute atomic E-state index is 6.32. The number of aromatic nitrogens is 3.